The van der Waals surface area contributed by atoms with Crippen LogP contribution in [0, 0.1) is 5.92 Å². The molecule has 10 heteroatoms. The number of rotatable bonds is 6. The fourth-order valence-electron chi connectivity index (χ4n) is 2.61. The highest BCUT2D eigenvalue weighted by Gasteiger charge is 2.26. The van der Waals surface area contributed by atoms with Gasteiger partial charge in [-0.1, -0.05) is 24.4 Å². The van der Waals surface area contributed by atoms with Crippen molar-refractivity contribution in [1.82, 2.24) is 10.0 Å². The number of thiophene rings is 1. The first-order valence-corrected chi connectivity index (χ1v) is 9.84. The van der Waals surface area contributed by atoms with Crippen molar-refractivity contribution in [2.45, 2.75) is 35.9 Å². The van der Waals surface area contributed by atoms with Crippen LogP contribution in [0.25, 0.3) is 0 Å². The zero-order valence-corrected chi connectivity index (χ0v) is 15.7. The highest BCUT2D eigenvalue weighted by molar-refractivity contribution is 7.91. The molecule has 132 valence electrons. The summed E-state index contributed by atoms with van der Waals surface area (Å²) in [5, 5.41) is 2.88. The maximum absolute atomic E-state index is 12.0. The molecule has 0 saturated heterocycles. The molecule has 0 aliphatic heterocycles. The van der Waals surface area contributed by atoms with Crippen molar-refractivity contribution in [1.29, 1.82) is 0 Å². The molecule has 1 fully saturated rings. The lowest BCUT2D eigenvalue weighted by Crippen LogP contribution is -2.47. The summed E-state index contributed by atoms with van der Waals surface area (Å²) in [5.41, 5.74) is 5.72. The van der Waals surface area contributed by atoms with Crippen LogP contribution in [-0.4, -0.2) is 33.5 Å². The van der Waals surface area contributed by atoms with E-state index in [0.29, 0.717) is 10.9 Å². The molecule has 1 aliphatic rings. The van der Waals surface area contributed by atoms with E-state index in [4.69, 9.17) is 17.3 Å². The summed E-state index contributed by atoms with van der Waals surface area (Å²) < 4.78 is 26.8. The van der Waals surface area contributed by atoms with Gasteiger partial charge >= 0.3 is 0 Å². The molecule has 2 unspecified atom stereocenters. The number of sulfonamides is 1. The monoisotopic (exact) mass is 401 g/mol. The SMILES string of the molecule is Cl.NCC1CCCCC1NC(=O)CNS(=O)(=O)c1ccc(Cl)s1. The van der Waals surface area contributed by atoms with Crippen LogP contribution in [0.4, 0.5) is 0 Å². The first-order valence-electron chi connectivity index (χ1n) is 7.17. The highest BCUT2D eigenvalue weighted by atomic mass is 35.5. The van der Waals surface area contributed by atoms with Gasteiger partial charge in [0.1, 0.15) is 4.21 Å². The standard InChI is InChI=1S/C13H20ClN3O3S2.ClH/c14-11-5-6-13(21-11)22(19,20)16-8-12(18)17-10-4-2-1-3-9(10)7-15;/h5-6,9-10,16H,1-4,7-8,15H2,(H,17,18);1H. The fraction of sp³-hybridized carbons (Fsp3) is 0.615. The second-order valence-electron chi connectivity index (χ2n) is 5.34. The zero-order chi connectivity index (χ0) is 16.2. The van der Waals surface area contributed by atoms with Crippen LogP contribution in [0.15, 0.2) is 16.3 Å². The Labute approximate surface area is 151 Å². The molecule has 0 spiro atoms. The predicted molar refractivity (Wildman–Crippen MR) is 94.7 cm³/mol. The lowest BCUT2D eigenvalue weighted by Gasteiger charge is -2.31. The van der Waals surface area contributed by atoms with Crippen LogP contribution < -0.4 is 15.8 Å². The molecule has 1 saturated carbocycles. The molecular weight excluding hydrogens is 381 g/mol. The Morgan fingerprint density at radius 3 is 2.65 bits per heavy atom. The minimum Gasteiger partial charge on any atom is -0.352 e. The highest BCUT2D eigenvalue weighted by Crippen LogP contribution is 2.25. The summed E-state index contributed by atoms with van der Waals surface area (Å²) in [7, 11) is -3.70. The molecule has 0 bridgehead atoms. The Bertz CT molecular complexity index is 622. The van der Waals surface area contributed by atoms with Crippen LogP contribution in [0.1, 0.15) is 25.7 Å². The van der Waals surface area contributed by atoms with Gasteiger partial charge in [0.25, 0.3) is 10.0 Å². The van der Waals surface area contributed by atoms with Crippen LogP contribution >= 0.6 is 35.3 Å². The largest absolute Gasteiger partial charge is 0.352 e. The van der Waals surface area contributed by atoms with E-state index in [1.807, 2.05) is 0 Å². The van der Waals surface area contributed by atoms with E-state index in [2.05, 4.69) is 10.0 Å². The van der Waals surface area contributed by atoms with Crippen molar-refractivity contribution in [3.8, 4) is 0 Å². The first kappa shape index (κ1) is 20.7. The number of carbonyl (C=O) groups excluding carboxylic acids is 1. The van der Waals surface area contributed by atoms with Gasteiger partial charge in [0.2, 0.25) is 5.91 Å². The number of hydrogen-bond acceptors (Lipinski definition) is 5. The summed E-state index contributed by atoms with van der Waals surface area (Å²) in [6.45, 7) is 0.246. The van der Waals surface area contributed by atoms with Crippen LogP contribution in [0.3, 0.4) is 0 Å². The third-order valence-corrected chi connectivity index (χ3v) is 6.92. The minimum atomic E-state index is -3.70. The average Bonchev–Trinajstić information content (AvgIpc) is 2.93. The fourth-order valence-corrected chi connectivity index (χ4v) is 5.12. The van der Waals surface area contributed by atoms with Gasteiger partial charge in [-0.2, -0.15) is 0 Å². The number of nitrogens with one attached hydrogen (secondary N) is 2. The van der Waals surface area contributed by atoms with Crippen molar-refractivity contribution in [2.24, 2.45) is 11.7 Å². The normalized spacial score (nSPS) is 21.5. The van der Waals surface area contributed by atoms with E-state index in [9.17, 15) is 13.2 Å². The van der Waals surface area contributed by atoms with Crippen LogP contribution in [0.5, 0.6) is 0 Å². The van der Waals surface area contributed by atoms with Gasteiger partial charge < -0.3 is 11.1 Å². The van der Waals surface area contributed by atoms with E-state index in [1.54, 1.807) is 0 Å². The minimum absolute atomic E-state index is 0. The van der Waals surface area contributed by atoms with Gasteiger partial charge in [-0.3, -0.25) is 4.79 Å². The molecule has 0 aromatic carbocycles. The predicted octanol–water partition coefficient (Wildman–Crippen LogP) is 1.74. The molecule has 1 aromatic heterocycles. The Morgan fingerprint density at radius 1 is 1.35 bits per heavy atom. The molecule has 1 amide bonds. The molecule has 1 aliphatic carbocycles. The molecule has 4 N–H and O–H groups in total. The smallest absolute Gasteiger partial charge is 0.250 e. The lowest BCUT2D eigenvalue weighted by atomic mass is 9.84. The van der Waals surface area contributed by atoms with Crippen LogP contribution in [-0.2, 0) is 14.8 Å². The lowest BCUT2D eigenvalue weighted by molar-refractivity contribution is -0.121. The maximum Gasteiger partial charge on any atom is 0.250 e. The summed E-state index contributed by atoms with van der Waals surface area (Å²) in [5.74, 6) is -0.0676. The van der Waals surface area contributed by atoms with Gasteiger partial charge in [-0.25, -0.2) is 13.1 Å². The van der Waals surface area contributed by atoms with Crippen molar-refractivity contribution in [3.63, 3.8) is 0 Å². The number of amides is 1. The molecular formula is C13H21Cl2N3O3S2. The van der Waals surface area contributed by atoms with Gasteiger partial charge in [0.05, 0.1) is 10.9 Å². The van der Waals surface area contributed by atoms with E-state index >= 15 is 0 Å². The molecule has 1 aromatic rings. The molecule has 2 atom stereocenters. The molecule has 23 heavy (non-hydrogen) atoms. The second-order valence-corrected chi connectivity index (χ2v) is 9.05. The second kappa shape index (κ2) is 9.19. The number of carbonyl (C=O) groups is 1. The number of halogens is 2. The topological polar surface area (TPSA) is 101 Å². The van der Waals surface area contributed by atoms with Crippen molar-refractivity contribution in [3.05, 3.63) is 16.5 Å². The molecule has 2 rings (SSSR count). The Balaban J connectivity index is 0.00000264. The van der Waals surface area contributed by atoms with Crippen LogP contribution in [0.2, 0.25) is 4.34 Å². The van der Waals surface area contributed by atoms with Gasteiger partial charge in [-0.15, -0.1) is 23.7 Å². The first-order chi connectivity index (χ1) is 10.4. The molecule has 0 radical (unpaired) electrons. The number of hydrogen-bond donors (Lipinski definition) is 3. The van der Waals surface area contributed by atoms with E-state index in [-0.39, 0.29) is 41.0 Å². The Kier molecular flexibility index (Phi) is 8.26. The van der Waals surface area contributed by atoms with E-state index < -0.39 is 10.0 Å². The third kappa shape index (κ3) is 5.88. The van der Waals surface area contributed by atoms with Gasteiger partial charge in [-0.05, 0) is 37.4 Å². The average molecular weight is 402 g/mol. The van der Waals surface area contributed by atoms with E-state index in [0.717, 1.165) is 37.0 Å². The Morgan fingerprint density at radius 2 is 2.04 bits per heavy atom. The zero-order valence-electron chi connectivity index (χ0n) is 12.5. The summed E-state index contributed by atoms with van der Waals surface area (Å²) >= 11 is 6.68. The summed E-state index contributed by atoms with van der Waals surface area (Å²) in [6.07, 6.45) is 4.07. The van der Waals surface area contributed by atoms with Crippen molar-refractivity contribution in [2.75, 3.05) is 13.1 Å². The maximum atomic E-state index is 12.0. The van der Waals surface area contributed by atoms with Gasteiger partial charge in [0, 0.05) is 6.04 Å². The summed E-state index contributed by atoms with van der Waals surface area (Å²) in [6, 6.07) is 2.96. The molecule has 6 nitrogen and oxygen atoms in total. The Hall–Kier alpha value is -0.380. The molecule has 1 heterocycles. The quantitative estimate of drug-likeness (QED) is 0.675. The summed E-state index contributed by atoms with van der Waals surface area (Å²) in [4.78, 5) is 12.0. The number of nitrogens with two attached hydrogens (primary N) is 1. The van der Waals surface area contributed by atoms with E-state index in [1.165, 1.54) is 12.1 Å². The van der Waals surface area contributed by atoms with Crippen molar-refractivity contribution < 1.29 is 13.2 Å². The van der Waals surface area contributed by atoms with Gasteiger partial charge in [0.15, 0.2) is 0 Å². The van der Waals surface area contributed by atoms with Crippen molar-refractivity contribution >= 4 is 51.3 Å². The third-order valence-electron chi connectivity index (χ3n) is 3.79.